The van der Waals surface area contributed by atoms with Gasteiger partial charge in [0.1, 0.15) is 6.04 Å². The van der Waals surface area contributed by atoms with Gasteiger partial charge in [-0.15, -0.1) is 0 Å². The number of carbonyl (C=O) groups is 1. The Morgan fingerprint density at radius 3 is 2.18 bits per heavy atom. The predicted molar refractivity (Wildman–Crippen MR) is 68.4 cm³/mol. The van der Waals surface area contributed by atoms with E-state index >= 15 is 0 Å². The van der Waals surface area contributed by atoms with E-state index in [0.29, 0.717) is 32.8 Å². The molecule has 17 heavy (non-hydrogen) atoms. The maximum absolute atomic E-state index is 12.0. The normalized spacial score (nSPS) is 12.5. The van der Waals surface area contributed by atoms with Crippen molar-refractivity contribution in [2.75, 3.05) is 39.4 Å². The maximum atomic E-state index is 12.0. The van der Waals surface area contributed by atoms with Crippen molar-refractivity contribution in [2.45, 2.75) is 25.8 Å². The van der Waals surface area contributed by atoms with E-state index in [1.54, 1.807) is 4.90 Å². The van der Waals surface area contributed by atoms with E-state index in [1.165, 1.54) is 0 Å². The minimum atomic E-state index is -0.592. The van der Waals surface area contributed by atoms with Crippen molar-refractivity contribution in [1.82, 2.24) is 4.90 Å². The summed E-state index contributed by atoms with van der Waals surface area (Å²) >= 11 is 0. The van der Waals surface area contributed by atoms with Crippen LogP contribution in [0.25, 0.3) is 0 Å². The molecule has 0 aromatic rings. The van der Waals surface area contributed by atoms with E-state index in [4.69, 9.17) is 21.9 Å². The average molecular weight is 246 g/mol. The van der Waals surface area contributed by atoms with Gasteiger partial charge in [0.15, 0.2) is 0 Å². The van der Waals surface area contributed by atoms with Gasteiger partial charge in [0.05, 0.1) is 6.61 Å². The largest absolute Gasteiger partial charge is 0.380 e. The molecule has 1 atom stereocenters. The van der Waals surface area contributed by atoms with Crippen LogP contribution < -0.4 is 17.2 Å². The number of amides is 1. The lowest BCUT2D eigenvalue weighted by molar-refractivity contribution is -0.134. The van der Waals surface area contributed by atoms with E-state index in [1.807, 2.05) is 6.92 Å². The van der Waals surface area contributed by atoms with Gasteiger partial charge in [-0.25, -0.2) is 0 Å². The lowest BCUT2D eigenvalue weighted by Gasteiger charge is -2.25. The van der Waals surface area contributed by atoms with Crippen molar-refractivity contribution in [3.8, 4) is 0 Å². The zero-order chi connectivity index (χ0) is 13.1. The molecule has 0 heterocycles. The highest BCUT2D eigenvalue weighted by Gasteiger charge is 2.20. The summed E-state index contributed by atoms with van der Waals surface area (Å²) in [5.74, 6) is -0.0830. The molecule has 102 valence electrons. The van der Waals surface area contributed by atoms with Crippen molar-refractivity contribution in [1.29, 1.82) is 0 Å². The smallest absolute Gasteiger partial charge is 0.241 e. The fourth-order valence-corrected chi connectivity index (χ4v) is 1.45. The minimum Gasteiger partial charge on any atom is -0.380 e. The van der Waals surface area contributed by atoms with Gasteiger partial charge in [0.2, 0.25) is 5.91 Å². The molecule has 0 rings (SSSR count). The van der Waals surface area contributed by atoms with Gasteiger partial charge < -0.3 is 26.8 Å². The number of nitrogens with zero attached hydrogens (tertiary/aromatic N) is 1. The average Bonchev–Trinajstić information content (AvgIpc) is 2.35. The van der Waals surface area contributed by atoms with Crippen LogP contribution in [0.4, 0.5) is 0 Å². The summed E-state index contributed by atoms with van der Waals surface area (Å²) in [5.41, 5.74) is 16.7. The van der Waals surface area contributed by atoms with Crippen LogP contribution in [0.2, 0.25) is 0 Å². The Kier molecular flexibility index (Phi) is 10.0. The summed E-state index contributed by atoms with van der Waals surface area (Å²) in [7, 11) is 0. The highest BCUT2D eigenvalue weighted by atomic mass is 16.5. The van der Waals surface area contributed by atoms with Gasteiger partial charge in [0, 0.05) is 19.7 Å². The number of carbonyl (C=O) groups excluding carboxylic acids is 1. The summed E-state index contributed by atoms with van der Waals surface area (Å²) < 4.78 is 5.15. The van der Waals surface area contributed by atoms with E-state index < -0.39 is 6.04 Å². The molecule has 0 aliphatic carbocycles. The standard InChI is InChI=1S/C11H26N4O2/c1-2-17-9-10(14)11(16)15(7-3-5-12)8-4-6-13/h10H,2-9,12-14H2,1H3/t10-/m1/s1. The fourth-order valence-electron chi connectivity index (χ4n) is 1.45. The van der Waals surface area contributed by atoms with E-state index in [-0.39, 0.29) is 12.5 Å². The fraction of sp³-hybridized carbons (Fsp3) is 0.909. The van der Waals surface area contributed by atoms with Gasteiger partial charge in [-0.2, -0.15) is 0 Å². The lowest BCUT2D eigenvalue weighted by Crippen LogP contribution is -2.47. The minimum absolute atomic E-state index is 0.0830. The molecule has 6 nitrogen and oxygen atoms in total. The van der Waals surface area contributed by atoms with Crippen molar-refractivity contribution in [2.24, 2.45) is 17.2 Å². The summed E-state index contributed by atoms with van der Waals surface area (Å²) in [4.78, 5) is 13.7. The Morgan fingerprint density at radius 1 is 1.24 bits per heavy atom. The monoisotopic (exact) mass is 246 g/mol. The Labute approximate surface area is 103 Å². The molecule has 0 spiro atoms. The van der Waals surface area contributed by atoms with Gasteiger partial charge in [-0.1, -0.05) is 0 Å². The van der Waals surface area contributed by atoms with Crippen molar-refractivity contribution in [3.63, 3.8) is 0 Å². The van der Waals surface area contributed by atoms with Gasteiger partial charge in [0.25, 0.3) is 0 Å². The van der Waals surface area contributed by atoms with Crippen LogP contribution in [0.5, 0.6) is 0 Å². The third-order valence-corrected chi connectivity index (χ3v) is 2.39. The first-order chi connectivity index (χ1) is 8.17. The number of nitrogens with two attached hydrogens (primary N) is 3. The first-order valence-corrected chi connectivity index (χ1v) is 6.19. The number of hydrogen-bond acceptors (Lipinski definition) is 5. The zero-order valence-electron chi connectivity index (χ0n) is 10.7. The third kappa shape index (κ3) is 7.27. The Balaban J connectivity index is 4.18. The van der Waals surface area contributed by atoms with Crippen LogP contribution in [0.3, 0.4) is 0 Å². The van der Waals surface area contributed by atoms with Crippen LogP contribution in [0.1, 0.15) is 19.8 Å². The van der Waals surface area contributed by atoms with Crippen molar-refractivity contribution in [3.05, 3.63) is 0 Å². The first kappa shape index (κ1) is 16.3. The molecule has 0 bridgehead atoms. The molecular weight excluding hydrogens is 220 g/mol. The number of rotatable bonds is 10. The SMILES string of the molecule is CCOC[C@@H](N)C(=O)N(CCCN)CCCN. The second kappa shape index (κ2) is 10.5. The molecule has 0 aromatic heterocycles. The van der Waals surface area contributed by atoms with E-state index in [0.717, 1.165) is 12.8 Å². The summed E-state index contributed by atoms with van der Waals surface area (Å²) in [5, 5.41) is 0. The van der Waals surface area contributed by atoms with Crippen LogP contribution >= 0.6 is 0 Å². The Morgan fingerprint density at radius 2 is 1.76 bits per heavy atom. The Bertz CT molecular complexity index is 194. The van der Waals surface area contributed by atoms with Crippen molar-refractivity contribution < 1.29 is 9.53 Å². The molecule has 0 aliphatic heterocycles. The molecule has 0 unspecified atom stereocenters. The quantitative estimate of drug-likeness (QED) is 0.452. The first-order valence-electron chi connectivity index (χ1n) is 6.19. The molecule has 0 saturated heterocycles. The number of ether oxygens (including phenoxy) is 1. The van der Waals surface area contributed by atoms with E-state index in [2.05, 4.69) is 0 Å². The van der Waals surface area contributed by atoms with E-state index in [9.17, 15) is 4.79 Å². The molecule has 0 saturated carbocycles. The van der Waals surface area contributed by atoms with Crippen molar-refractivity contribution >= 4 is 5.91 Å². The molecular formula is C11H26N4O2. The van der Waals surface area contributed by atoms with Crippen LogP contribution in [0.15, 0.2) is 0 Å². The molecule has 6 N–H and O–H groups in total. The topological polar surface area (TPSA) is 108 Å². The second-order valence-corrected chi connectivity index (χ2v) is 3.88. The Hall–Kier alpha value is -0.690. The summed E-state index contributed by atoms with van der Waals surface area (Å²) in [6.45, 7) is 5.09. The summed E-state index contributed by atoms with van der Waals surface area (Å²) in [6.07, 6.45) is 1.55. The molecule has 1 amide bonds. The van der Waals surface area contributed by atoms with Gasteiger partial charge in [-0.05, 0) is 32.9 Å². The third-order valence-electron chi connectivity index (χ3n) is 2.39. The lowest BCUT2D eigenvalue weighted by atomic mass is 10.2. The van der Waals surface area contributed by atoms with Crippen LogP contribution in [0, 0.1) is 0 Å². The maximum Gasteiger partial charge on any atom is 0.241 e. The molecule has 0 fully saturated rings. The summed E-state index contributed by atoms with van der Waals surface area (Å²) in [6, 6.07) is -0.592. The molecule has 0 aliphatic rings. The highest BCUT2D eigenvalue weighted by molar-refractivity contribution is 5.81. The predicted octanol–water partition coefficient (Wildman–Crippen LogP) is -1.12. The van der Waals surface area contributed by atoms with Crippen LogP contribution in [-0.2, 0) is 9.53 Å². The molecule has 0 radical (unpaired) electrons. The molecule has 6 heteroatoms. The highest BCUT2D eigenvalue weighted by Crippen LogP contribution is 1.98. The zero-order valence-corrected chi connectivity index (χ0v) is 10.7. The van der Waals surface area contributed by atoms with Gasteiger partial charge >= 0.3 is 0 Å². The van der Waals surface area contributed by atoms with Crippen LogP contribution in [-0.4, -0.2) is 56.2 Å². The number of hydrogen-bond donors (Lipinski definition) is 3. The van der Waals surface area contributed by atoms with Gasteiger partial charge in [-0.3, -0.25) is 4.79 Å². The molecule has 0 aromatic carbocycles. The second-order valence-electron chi connectivity index (χ2n) is 3.88.